The number of nitrogens with one attached hydrogen (secondary N) is 1. The number of hydrogen-bond donors (Lipinski definition) is 1. The van der Waals surface area contributed by atoms with Gasteiger partial charge in [-0.05, 0) is 13.8 Å². The van der Waals surface area contributed by atoms with Gasteiger partial charge in [-0.2, -0.15) is 0 Å². The van der Waals surface area contributed by atoms with Crippen LogP contribution in [0.3, 0.4) is 0 Å². The summed E-state index contributed by atoms with van der Waals surface area (Å²) in [4.78, 5) is 10.7. The van der Waals surface area contributed by atoms with Crippen LogP contribution in [0, 0.1) is 0 Å². The third kappa shape index (κ3) is 7.09. The van der Waals surface area contributed by atoms with Crippen molar-refractivity contribution in [2.45, 2.75) is 26.3 Å². The molecule has 0 rings (SSSR count). The molecule has 1 N–H and O–H groups in total. The molecule has 0 aliphatic carbocycles. The van der Waals surface area contributed by atoms with Crippen molar-refractivity contribution in [3.63, 3.8) is 0 Å². The molecular formula is C7H14FNO2. The van der Waals surface area contributed by atoms with E-state index in [0.717, 1.165) is 0 Å². The maximum atomic E-state index is 11.5. The molecule has 0 aromatic heterocycles. The minimum absolute atomic E-state index is 0.0628. The topological polar surface area (TPSA) is 38.3 Å². The first-order valence-electron chi connectivity index (χ1n) is 3.66. The highest BCUT2D eigenvalue weighted by Crippen LogP contribution is 1.86. The lowest BCUT2D eigenvalue weighted by Crippen LogP contribution is -2.30. The van der Waals surface area contributed by atoms with Crippen LogP contribution in [0.15, 0.2) is 0 Å². The quantitative estimate of drug-likeness (QED) is 0.637. The zero-order valence-electron chi connectivity index (χ0n) is 6.89. The van der Waals surface area contributed by atoms with Gasteiger partial charge in [-0.1, -0.05) is 0 Å². The van der Waals surface area contributed by atoms with E-state index in [2.05, 4.69) is 10.1 Å². The van der Waals surface area contributed by atoms with Crippen molar-refractivity contribution in [3.05, 3.63) is 0 Å². The van der Waals surface area contributed by atoms with Gasteiger partial charge in [0.1, 0.15) is 0 Å². The lowest BCUT2D eigenvalue weighted by atomic mass is 10.4. The molecule has 0 aromatic carbocycles. The largest absolute Gasteiger partial charge is 0.449 e. The summed E-state index contributed by atoms with van der Waals surface area (Å²) in [6.07, 6.45) is -0.209. The van der Waals surface area contributed by atoms with Crippen molar-refractivity contribution in [3.8, 4) is 0 Å². The zero-order chi connectivity index (χ0) is 8.69. The van der Waals surface area contributed by atoms with Crippen molar-refractivity contribution in [2.75, 3.05) is 13.3 Å². The molecular weight excluding hydrogens is 149 g/mol. The molecule has 0 saturated heterocycles. The number of amides is 1. The molecule has 0 unspecified atom stereocenters. The van der Waals surface area contributed by atoms with Crippen LogP contribution in [0.1, 0.15) is 20.3 Å². The molecule has 0 atom stereocenters. The standard InChI is InChI=1S/C7H14FNO2/c1-6(2)9-7(10)11-5-3-4-8/h6H,3-5H2,1-2H3,(H,9,10). The molecule has 0 aliphatic heterocycles. The number of carbonyl (C=O) groups excluding carboxylic acids is 1. The predicted octanol–water partition coefficient (Wildman–Crippen LogP) is 1.48. The number of ether oxygens (including phenoxy) is 1. The van der Waals surface area contributed by atoms with Crippen molar-refractivity contribution in [1.29, 1.82) is 0 Å². The lowest BCUT2D eigenvalue weighted by molar-refractivity contribution is 0.139. The van der Waals surface area contributed by atoms with Gasteiger partial charge in [0.15, 0.2) is 0 Å². The number of halogens is 1. The van der Waals surface area contributed by atoms with Gasteiger partial charge in [0, 0.05) is 12.5 Å². The Balaban J connectivity index is 3.23. The summed E-state index contributed by atoms with van der Waals surface area (Å²) >= 11 is 0. The van der Waals surface area contributed by atoms with Crippen molar-refractivity contribution in [2.24, 2.45) is 0 Å². The van der Waals surface area contributed by atoms with E-state index in [9.17, 15) is 9.18 Å². The summed E-state index contributed by atoms with van der Waals surface area (Å²) in [5, 5.41) is 2.52. The van der Waals surface area contributed by atoms with E-state index in [1.54, 1.807) is 0 Å². The van der Waals surface area contributed by atoms with Crippen molar-refractivity contribution < 1.29 is 13.9 Å². The summed E-state index contributed by atoms with van der Waals surface area (Å²) < 4.78 is 16.1. The Morgan fingerprint density at radius 3 is 2.73 bits per heavy atom. The van der Waals surface area contributed by atoms with E-state index in [1.165, 1.54) is 0 Å². The van der Waals surface area contributed by atoms with Gasteiger partial charge < -0.3 is 10.1 Å². The molecule has 0 bridgehead atoms. The minimum Gasteiger partial charge on any atom is -0.449 e. The Morgan fingerprint density at radius 2 is 2.27 bits per heavy atom. The normalized spacial score (nSPS) is 9.82. The van der Waals surface area contributed by atoms with Gasteiger partial charge in [-0.15, -0.1) is 0 Å². The van der Waals surface area contributed by atoms with Crippen LogP contribution in [0.4, 0.5) is 9.18 Å². The Kier molecular flexibility index (Phi) is 5.51. The average Bonchev–Trinajstić information content (AvgIpc) is 1.86. The summed E-state index contributed by atoms with van der Waals surface area (Å²) in [6, 6.07) is 0.0628. The highest BCUT2D eigenvalue weighted by molar-refractivity contribution is 5.67. The highest BCUT2D eigenvalue weighted by Gasteiger charge is 2.01. The van der Waals surface area contributed by atoms with Crippen LogP contribution in [-0.4, -0.2) is 25.4 Å². The second-order valence-corrected chi connectivity index (χ2v) is 2.48. The molecule has 1 amide bonds. The number of alkyl halides is 1. The molecule has 66 valence electrons. The Bertz CT molecular complexity index is 117. The molecule has 0 radical (unpaired) electrons. The molecule has 4 heteroatoms. The van der Waals surface area contributed by atoms with Gasteiger partial charge in [-0.3, -0.25) is 4.39 Å². The Labute approximate surface area is 65.9 Å². The first-order chi connectivity index (χ1) is 5.16. The molecule has 0 heterocycles. The maximum absolute atomic E-state index is 11.5. The summed E-state index contributed by atoms with van der Waals surface area (Å²) in [6.45, 7) is 3.36. The third-order valence-electron chi connectivity index (χ3n) is 0.918. The minimum atomic E-state index is -0.478. The van der Waals surface area contributed by atoms with E-state index in [4.69, 9.17) is 0 Å². The molecule has 0 saturated carbocycles. The van der Waals surface area contributed by atoms with Crippen LogP contribution in [0.2, 0.25) is 0 Å². The average molecular weight is 163 g/mol. The van der Waals surface area contributed by atoms with Gasteiger partial charge in [0.25, 0.3) is 0 Å². The molecule has 0 fully saturated rings. The third-order valence-corrected chi connectivity index (χ3v) is 0.918. The van der Waals surface area contributed by atoms with Gasteiger partial charge in [0.05, 0.1) is 13.3 Å². The molecule has 3 nitrogen and oxygen atoms in total. The van der Waals surface area contributed by atoms with Crippen LogP contribution in [-0.2, 0) is 4.74 Å². The fourth-order valence-electron chi connectivity index (χ4n) is 0.497. The smallest absolute Gasteiger partial charge is 0.407 e. The second kappa shape index (κ2) is 5.95. The summed E-state index contributed by atoms with van der Waals surface area (Å²) in [5.41, 5.74) is 0. The van der Waals surface area contributed by atoms with Crippen molar-refractivity contribution in [1.82, 2.24) is 5.32 Å². The Morgan fingerprint density at radius 1 is 1.64 bits per heavy atom. The predicted molar refractivity (Wildman–Crippen MR) is 40.2 cm³/mol. The first kappa shape index (κ1) is 10.2. The summed E-state index contributed by atoms with van der Waals surface area (Å²) in [5.74, 6) is 0. The van der Waals surface area contributed by atoms with E-state index in [-0.39, 0.29) is 19.1 Å². The van der Waals surface area contributed by atoms with Gasteiger partial charge in [-0.25, -0.2) is 4.79 Å². The SMILES string of the molecule is CC(C)NC(=O)OCCCF. The van der Waals surface area contributed by atoms with Crippen LogP contribution in [0.5, 0.6) is 0 Å². The highest BCUT2D eigenvalue weighted by atomic mass is 19.1. The number of rotatable bonds is 4. The van der Waals surface area contributed by atoms with Crippen molar-refractivity contribution >= 4 is 6.09 Å². The number of carbonyl (C=O) groups is 1. The van der Waals surface area contributed by atoms with E-state index in [0.29, 0.717) is 0 Å². The zero-order valence-corrected chi connectivity index (χ0v) is 6.89. The van der Waals surface area contributed by atoms with Crippen LogP contribution >= 0.6 is 0 Å². The lowest BCUT2D eigenvalue weighted by Gasteiger charge is -2.07. The molecule has 11 heavy (non-hydrogen) atoms. The monoisotopic (exact) mass is 163 g/mol. The molecule has 0 aliphatic rings. The van der Waals surface area contributed by atoms with E-state index < -0.39 is 12.8 Å². The van der Waals surface area contributed by atoms with Gasteiger partial charge >= 0.3 is 6.09 Å². The van der Waals surface area contributed by atoms with E-state index >= 15 is 0 Å². The van der Waals surface area contributed by atoms with Crippen LogP contribution in [0.25, 0.3) is 0 Å². The second-order valence-electron chi connectivity index (χ2n) is 2.48. The van der Waals surface area contributed by atoms with Crippen LogP contribution < -0.4 is 5.32 Å². The first-order valence-corrected chi connectivity index (χ1v) is 3.66. The van der Waals surface area contributed by atoms with Gasteiger partial charge in [0.2, 0.25) is 0 Å². The Hall–Kier alpha value is -0.800. The number of hydrogen-bond acceptors (Lipinski definition) is 2. The maximum Gasteiger partial charge on any atom is 0.407 e. The van der Waals surface area contributed by atoms with E-state index in [1.807, 2.05) is 13.8 Å². The fourth-order valence-corrected chi connectivity index (χ4v) is 0.497. The summed E-state index contributed by atoms with van der Waals surface area (Å²) in [7, 11) is 0. The molecule has 0 aromatic rings. The fraction of sp³-hybridized carbons (Fsp3) is 0.857. The molecule has 0 spiro atoms. The number of alkyl carbamates (subject to hydrolysis) is 1.